The van der Waals surface area contributed by atoms with Crippen LogP contribution in [0.4, 0.5) is 0 Å². The second-order valence-corrected chi connectivity index (χ2v) is 10.1. The number of hydrogen-bond acceptors (Lipinski definition) is 8. The third-order valence-corrected chi connectivity index (χ3v) is 7.49. The molecule has 0 radical (unpaired) electrons. The highest BCUT2D eigenvalue weighted by molar-refractivity contribution is 7.15. The molecule has 0 saturated carbocycles. The third kappa shape index (κ3) is 5.73. The largest absolute Gasteiger partial charge is 0.496 e. The first-order valence-electron chi connectivity index (χ1n) is 12.5. The van der Waals surface area contributed by atoms with Crippen molar-refractivity contribution in [1.82, 2.24) is 19.5 Å². The molecule has 0 N–H and O–H groups in total. The van der Waals surface area contributed by atoms with E-state index < -0.39 is 5.56 Å². The maximum absolute atomic E-state index is 12.9. The number of piperidine rings is 1. The smallest absolute Gasteiger partial charge is 0.296 e. The summed E-state index contributed by atoms with van der Waals surface area (Å²) in [4.78, 5) is 32.6. The van der Waals surface area contributed by atoms with Crippen molar-refractivity contribution in [1.29, 1.82) is 0 Å². The fourth-order valence-corrected chi connectivity index (χ4v) is 5.43. The van der Waals surface area contributed by atoms with Crippen molar-refractivity contribution in [3.05, 3.63) is 75.0 Å². The average molecular weight is 519 g/mol. The Balaban J connectivity index is 1.31. The molecule has 0 unspecified atom stereocenters. The van der Waals surface area contributed by atoms with E-state index in [1.807, 2.05) is 36.6 Å². The van der Waals surface area contributed by atoms with Gasteiger partial charge in [0.05, 0.1) is 19.2 Å². The molecule has 5 rings (SSSR count). The van der Waals surface area contributed by atoms with Crippen LogP contribution < -0.4 is 15.0 Å². The number of benzene rings is 2. The number of nitrogens with zero attached hydrogens (tertiary/aromatic N) is 4. The van der Waals surface area contributed by atoms with Crippen LogP contribution in [0.25, 0.3) is 16.2 Å². The molecule has 0 aliphatic carbocycles. The Hall–Kier alpha value is -3.56. The lowest BCUT2D eigenvalue weighted by molar-refractivity contribution is 0.0991. The highest BCUT2D eigenvalue weighted by Crippen LogP contribution is 2.26. The normalized spacial score (nSPS) is 14.1. The summed E-state index contributed by atoms with van der Waals surface area (Å²) in [5.74, 6) is 1.33. The van der Waals surface area contributed by atoms with Crippen molar-refractivity contribution < 1.29 is 14.3 Å². The molecule has 8 nitrogen and oxygen atoms in total. The minimum atomic E-state index is -0.482. The summed E-state index contributed by atoms with van der Waals surface area (Å²) >= 11 is 1.34. The molecule has 0 spiro atoms. The number of Topliss-reactive ketones (excluding diaryl/α,β-unsaturated/α-hetero) is 1. The number of thiazole rings is 1. The third-order valence-electron chi connectivity index (χ3n) is 6.67. The molecular formula is C28H30N4O4S. The Morgan fingerprint density at radius 2 is 1.86 bits per heavy atom. The monoisotopic (exact) mass is 518 g/mol. The van der Waals surface area contributed by atoms with Crippen LogP contribution in [0.2, 0.25) is 0 Å². The summed E-state index contributed by atoms with van der Waals surface area (Å²) in [5.41, 5.74) is 2.73. The molecule has 37 heavy (non-hydrogen) atoms. The van der Waals surface area contributed by atoms with E-state index in [1.54, 1.807) is 29.8 Å². The summed E-state index contributed by atoms with van der Waals surface area (Å²) in [7, 11) is 1.59. The van der Waals surface area contributed by atoms with Crippen molar-refractivity contribution in [2.24, 2.45) is 0 Å². The number of rotatable bonds is 9. The Morgan fingerprint density at radius 1 is 1.08 bits per heavy atom. The number of aryl methyl sites for hydroxylation is 1. The van der Waals surface area contributed by atoms with Gasteiger partial charge in [-0.05, 0) is 80.9 Å². The zero-order valence-electron chi connectivity index (χ0n) is 21.1. The van der Waals surface area contributed by atoms with Gasteiger partial charge in [0.2, 0.25) is 4.96 Å². The lowest BCUT2D eigenvalue weighted by atomic mass is 10.0. The second kappa shape index (κ2) is 11.2. The predicted octanol–water partition coefficient (Wildman–Crippen LogP) is 4.43. The molecule has 0 amide bonds. The zero-order chi connectivity index (χ0) is 25.8. The van der Waals surface area contributed by atoms with Gasteiger partial charge in [-0.2, -0.15) is 10.1 Å². The number of fused-ring (bicyclic) bond motifs is 1. The van der Waals surface area contributed by atoms with Crippen LogP contribution in [-0.2, 0) is 6.42 Å². The van der Waals surface area contributed by atoms with E-state index >= 15 is 0 Å². The molecule has 0 bridgehead atoms. The molecule has 4 aromatic rings. The van der Waals surface area contributed by atoms with Crippen LogP contribution >= 0.6 is 11.3 Å². The number of ether oxygens (including phenoxy) is 2. The van der Waals surface area contributed by atoms with Gasteiger partial charge in [0, 0.05) is 23.1 Å². The van der Waals surface area contributed by atoms with Crippen LogP contribution in [0.5, 0.6) is 11.5 Å². The summed E-state index contributed by atoms with van der Waals surface area (Å²) in [6.45, 7) is 5.79. The summed E-state index contributed by atoms with van der Waals surface area (Å²) in [5, 5.41) is 6.44. The molecule has 2 aromatic heterocycles. The van der Waals surface area contributed by atoms with Gasteiger partial charge in [0.15, 0.2) is 5.78 Å². The SMILES string of the molecule is COc1ccc(C(=O)Cc2nn3c(-c4ccc(OCCN5CCCCC5)cc4)csc3nc2=O)cc1C. The van der Waals surface area contributed by atoms with Crippen LogP contribution in [-0.4, -0.2) is 58.6 Å². The van der Waals surface area contributed by atoms with Gasteiger partial charge >= 0.3 is 0 Å². The van der Waals surface area contributed by atoms with E-state index in [-0.39, 0.29) is 17.9 Å². The van der Waals surface area contributed by atoms with E-state index in [2.05, 4.69) is 15.0 Å². The minimum absolute atomic E-state index is 0.119. The van der Waals surface area contributed by atoms with Crippen LogP contribution in [0.3, 0.4) is 0 Å². The first kappa shape index (κ1) is 25.1. The van der Waals surface area contributed by atoms with Gasteiger partial charge in [-0.3, -0.25) is 14.5 Å². The quantitative estimate of drug-likeness (QED) is 0.303. The van der Waals surface area contributed by atoms with E-state index in [9.17, 15) is 9.59 Å². The Bertz CT molecular complexity index is 1460. The fraction of sp³-hybridized carbons (Fsp3) is 0.357. The standard InChI is InChI=1S/C28H30N4O4S/c1-19-16-21(8-11-26(19)35-2)25(33)17-23-27(34)29-28-32(30-23)24(18-37-28)20-6-9-22(10-7-20)36-15-14-31-12-4-3-5-13-31/h6-11,16,18H,3-5,12-15,17H2,1-2H3. The van der Waals surface area contributed by atoms with Crippen molar-refractivity contribution in [2.75, 3.05) is 33.4 Å². The van der Waals surface area contributed by atoms with E-state index in [0.717, 1.165) is 42.2 Å². The van der Waals surface area contributed by atoms with Crippen molar-refractivity contribution in [3.63, 3.8) is 0 Å². The van der Waals surface area contributed by atoms with Gasteiger partial charge in [0.25, 0.3) is 5.56 Å². The van der Waals surface area contributed by atoms with Crippen LogP contribution in [0, 0.1) is 6.92 Å². The number of carbonyl (C=O) groups excluding carboxylic acids is 1. The Kier molecular flexibility index (Phi) is 7.62. The van der Waals surface area contributed by atoms with Crippen molar-refractivity contribution in [2.45, 2.75) is 32.6 Å². The van der Waals surface area contributed by atoms with Crippen LogP contribution in [0.15, 0.2) is 52.6 Å². The number of likely N-dealkylation sites (tertiary alicyclic amines) is 1. The van der Waals surface area contributed by atoms with E-state index in [0.29, 0.717) is 22.9 Å². The maximum atomic E-state index is 12.9. The number of hydrogen-bond donors (Lipinski definition) is 0. The molecule has 0 atom stereocenters. The van der Waals surface area contributed by atoms with Gasteiger partial charge in [0.1, 0.15) is 23.8 Å². The predicted molar refractivity (Wildman–Crippen MR) is 144 cm³/mol. The molecule has 2 aromatic carbocycles. The molecular weight excluding hydrogens is 488 g/mol. The van der Waals surface area contributed by atoms with Gasteiger partial charge in [-0.15, -0.1) is 11.3 Å². The Morgan fingerprint density at radius 3 is 2.59 bits per heavy atom. The first-order chi connectivity index (χ1) is 18.0. The highest BCUT2D eigenvalue weighted by Gasteiger charge is 2.17. The molecule has 192 valence electrons. The van der Waals surface area contributed by atoms with Crippen LogP contribution in [0.1, 0.15) is 40.9 Å². The topological polar surface area (TPSA) is 86.0 Å². The first-order valence-corrected chi connectivity index (χ1v) is 13.4. The highest BCUT2D eigenvalue weighted by atomic mass is 32.1. The molecule has 3 heterocycles. The number of carbonyl (C=O) groups is 1. The minimum Gasteiger partial charge on any atom is -0.496 e. The van der Waals surface area contributed by atoms with E-state index in [4.69, 9.17) is 9.47 Å². The zero-order valence-corrected chi connectivity index (χ0v) is 21.9. The number of methoxy groups -OCH3 is 1. The van der Waals surface area contributed by atoms with Crippen molar-refractivity contribution in [3.8, 4) is 22.8 Å². The number of ketones is 1. The average Bonchev–Trinajstić information content (AvgIpc) is 3.32. The Labute approximate surface area is 219 Å². The number of aromatic nitrogens is 3. The summed E-state index contributed by atoms with van der Waals surface area (Å²) in [6.07, 6.45) is 3.75. The molecule has 1 saturated heterocycles. The lowest BCUT2D eigenvalue weighted by Crippen LogP contribution is -2.33. The molecule has 9 heteroatoms. The van der Waals surface area contributed by atoms with Gasteiger partial charge in [-0.25, -0.2) is 4.52 Å². The lowest BCUT2D eigenvalue weighted by Gasteiger charge is -2.26. The molecule has 1 fully saturated rings. The summed E-state index contributed by atoms with van der Waals surface area (Å²) in [6, 6.07) is 13.1. The van der Waals surface area contributed by atoms with Gasteiger partial charge in [-0.1, -0.05) is 6.42 Å². The van der Waals surface area contributed by atoms with E-state index in [1.165, 1.54) is 30.6 Å². The summed E-state index contributed by atoms with van der Waals surface area (Å²) < 4.78 is 12.9. The van der Waals surface area contributed by atoms with Gasteiger partial charge < -0.3 is 9.47 Å². The molecule has 1 aliphatic heterocycles. The second-order valence-electron chi connectivity index (χ2n) is 9.24. The molecule has 1 aliphatic rings. The van der Waals surface area contributed by atoms with Crippen molar-refractivity contribution >= 4 is 22.1 Å². The fourth-order valence-electron chi connectivity index (χ4n) is 4.60. The maximum Gasteiger partial charge on any atom is 0.296 e.